The van der Waals surface area contributed by atoms with Gasteiger partial charge >= 0.3 is 5.97 Å². The number of ether oxygens (including phenoxy) is 1. The largest absolute Gasteiger partial charge is 0.443 e. The monoisotopic (exact) mass is 427 g/mol. The van der Waals surface area contributed by atoms with Crippen molar-refractivity contribution in [3.05, 3.63) is 64.7 Å². The number of likely N-dealkylation sites (N-methyl/N-ethyl adjacent to an activating group) is 1. The number of hydrogen-bond acceptors (Lipinski definition) is 5. The third kappa shape index (κ3) is 4.68. The smallest absolute Gasteiger partial charge is 0.355 e. The molecule has 0 unspecified atom stereocenters. The molecule has 0 fully saturated rings. The van der Waals surface area contributed by atoms with E-state index in [9.17, 15) is 14.4 Å². The molecule has 0 saturated carbocycles. The van der Waals surface area contributed by atoms with Crippen molar-refractivity contribution in [2.24, 2.45) is 5.10 Å². The van der Waals surface area contributed by atoms with E-state index in [1.807, 2.05) is 13.0 Å². The molecule has 8 heteroatoms. The van der Waals surface area contributed by atoms with Crippen LogP contribution in [0.2, 0.25) is 5.02 Å². The van der Waals surface area contributed by atoms with Gasteiger partial charge < -0.3 is 9.64 Å². The molecule has 2 aromatic carbocycles. The molecule has 0 aliphatic carbocycles. The fraction of sp³-hybridized carbons (Fsp3) is 0.273. The fourth-order valence-electron chi connectivity index (χ4n) is 2.91. The summed E-state index contributed by atoms with van der Waals surface area (Å²) >= 11 is 6.16. The second kappa shape index (κ2) is 9.09. The van der Waals surface area contributed by atoms with E-state index in [2.05, 4.69) is 5.10 Å². The summed E-state index contributed by atoms with van der Waals surface area (Å²) in [5.41, 5.74) is 1.95. The molecule has 7 nitrogen and oxygen atoms in total. The van der Waals surface area contributed by atoms with Gasteiger partial charge in [0.2, 0.25) is 12.0 Å². The average Bonchev–Trinajstić information content (AvgIpc) is 2.74. The van der Waals surface area contributed by atoms with Crippen LogP contribution >= 0.6 is 11.6 Å². The highest BCUT2D eigenvalue weighted by Gasteiger charge is 2.31. The minimum atomic E-state index is -1.10. The Morgan fingerprint density at radius 1 is 1.13 bits per heavy atom. The Labute approximate surface area is 179 Å². The Morgan fingerprint density at radius 3 is 2.47 bits per heavy atom. The van der Waals surface area contributed by atoms with Crippen molar-refractivity contribution in [3.8, 4) is 0 Å². The third-order valence-corrected chi connectivity index (χ3v) is 5.07. The quantitative estimate of drug-likeness (QED) is 0.684. The molecule has 1 aliphatic rings. The maximum Gasteiger partial charge on any atom is 0.355 e. The number of aryl methyl sites for hydroxylation is 1. The average molecular weight is 428 g/mol. The highest BCUT2D eigenvalue weighted by Crippen LogP contribution is 2.27. The standard InChI is InChI=1S/C22H22ClN3O4/c1-14-9-10-16(13-17(14)23)26-19(27)12-11-18(24-26)22(29)30-20(21(28)25(2)3)15-7-5-4-6-8-15/h4-10,13,20H,11-12H2,1-3H3/t20-/m0/s1. The summed E-state index contributed by atoms with van der Waals surface area (Å²) in [5.74, 6) is -1.37. The number of benzene rings is 2. The Kier molecular flexibility index (Phi) is 6.52. The molecule has 0 saturated heterocycles. The lowest BCUT2D eigenvalue weighted by atomic mass is 10.1. The molecule has 0 aromatic heterocycles. The van der Waals surface area contributed by atoms with Gasteiger partial charge in [0, 0.05) is 37.5 Å². The van der Waals surface area contributed by atoms with Gasteiger partial charge in [-0.1, -0.05) is 48.0 Å². The van der Waals surface area contributed by atoms with Gasteiger partial charge in [-0.2, -0.15) is 5.10 Å². The van der Waals surface area contributed by atoms with E-state index in [-0.39, 0.29) is 30.4 Å². The molecule has 0 radical (unpaired) electrons. The highest BCUT2D eigenvalue weighted by molar-refractivity contribution is 6.38. The fourth-order valence-corrected chi connectivity index (χ4v) is 3.09. The molecule has 0 spiro atoms. The van der Waals surface area contributed by atoms with Crippen molar-refractivity contribution in [2.75, 3.05) is 19.1 Å². The summed E-state index contributed by atoms with van der Waals surface area (Å²) in [5, 5.41) is 5.84. The van der Waals surface area contributed by atoms with Crippen LogP contribution in [-0.4, -0.2) is 42.5 Å². The van der Waals surface area contributed by atoms with Crippen molar-refractivity contribution in [2.45, 2.75) is 25.9 Å². The van der Waals surface area contributed by atoms with Crippen LogP contribution < -0.4 is 5.01 Å². The van der Waals surface area contributed by atoms with Gasteiger partial charge in [-0.05, 0) is 24.6 Å². The molecule has 30 heavy (non-hydrogen) atoms. The first-order chi connectivity index (χ1) is 14.3. The van der Waals surface area contributed by atoms with Gasteiger partial charge in [-0.3, -0.25) is 9.59 Å². The Morgan fingerprint density at radius 2 is 1.83 bits per heavy atom. The van der Waals surface area contributed by atoms with Crippen molar-refractivity contribution in [3.63, 3.8) is 0 Å². The summed E-state index contributed by atoms with van der Waals surface area (Å²) in [6.45, 7) is 1.85. The van der Waals surface area contributed by atoms with Crippen molar-refractivity contribution in [1.29, 1.82) is 0 Å². The molecule has 2 amide bonds. The van der Waals surface area contributed by atoms with Crippen molar-refractivity contribution < 1.29 is 19.1 Å². The summed E-state index contributed by atoms with van der Waals surface area (Å²) in [6.07, 6.45) is -0.876. The lowest BCUT2D eigenvalue weighted by Gasteiger charge is -2.25. The van der Waals surface area contributed by atoms with Gasteiger partial charge in [0.1, 0.15) is 5.71 Å². The third-order valence-electron chi connectivity index (χ3n) is 4.66. The summed E-state index contributed by atoms with van der Waals surface area (Å²) in [6, 6.07) is 13.9. The molecule has 1 atom stereocenters. The minimum absolute atomic E-state index is 0.0683. The molecule has 156 valence electrons. The van der Waals surface area contributed by atoms with Gasteiger partial charge in [0.25, 0.3) is 5.91 Å². The number of carbonyl (C=O) groups excluding carboxylic acids is 3. The zero-order valence-electron chi connectivity index (χ0n) is 17.0. The first-order valence-electron chi connectivity index (χ1n) is 9.41. The first-order valence-corrected chi connectivity index (χ1v) is 9.79. The molecular formula is C22H22ClN3O4. The van der Waals surface area contributed by atoms with Crippen LogP contribution in [0.25, 0.3) is 0 Å². The first kappa shape index (κ1) is 21.5. The van der Waals surface area contributed by atoms with Crippen LogP contribution in [0.4, 0.5) is 5.69 Å². The normalized spacial score (nSPS) is 14.7. The van der Waals surface area contributed by atoms with E-state index in [1.165, 1.54) is 4.90 Å². The second-order valence-electron chi connectivity index (χ2n) is 7.11. The SMILES string of the molecule is Cc1ccc(N2N=C(C(=O)O[C@H](C(=O)N(C)C)c3ccccc3)CCC2=O)cc1Cl. The molecular weight excluding hydrogens is 406 g/mol. The number of anilines is 1. The van der Waals surface area contributed by atoms with Crippen molar-refractivity contribution in [1.82, 2.24) is 4.90 Å². The van der Waals surface area contributed by atoms with E-state index in [0.717, 1.165) is 10.6 Å². The molecule has 1 heterocycles. The van der Waals surface area contributed by atoms with E-state index in [1.54, 1.807) is 56.6 Å². The Bertz CT molecular complexity index is 1000. The zero-order chi connectivity index (χ0) is 21.8. The van der Waals surface area contributed by atoms with Gasteiger partial charge in [-0.25, -0.2) is 9.80 Å². The molecule has 0 N–H and O–H groups in total. The Balaban J connectivity index is 1.87. The van der Waals surface area contributed by atoms with E-state index in [0.29, 0.717) is 16.3 Å². The van der Waals surface area contributed by atoms with E-state index >= 15 is 0 Å². The number of amides is 2. The van der Waals surface area contributed by atoms with E-state index in [4.69, 9.17) is 16.3 Å². The van der Waals surface area contributed by atoms with E-state index < -0.39 is 12.1 Å². The lowest BCUT2D eigenvalue weighted by molar-refractivity contribution is -0.154. The molecule has 3 rings (SSSR count). The van der Waals surface area contributed by atoms with Crippen LogP contribution in [0.15, 0.2) is 53.6 Å². The van der Waals surface area contributed by atoms with Crippen LogP contribution in [0, 0.1) is 6.92 Å². The van der Waals surface area contributed by atoms with Crippen LogP contribution in [0.3, 0.4) is 0 Å². The molecule has 2 aromatic rings. The minimum Gasteiger partial charge on any atom is -0.443 e. The second-order valence-corrected chi connectivity index (χ2v) is 7.52. The van der Waals surface area contributed by atoms with Crippen LogP contribution in [0.5, 0.6) is 0 Å². The summed E-state index contributed by atoms with van der Waals surface area (Å²) < 4.78 is 5.54. The number of hydrogen-bond donors (Lipinski definition) is 0. The number of rotatable bonds is 5. The Hall–Kier alpha value is -3.19. The summed E-state index contributed by atoms with van der Waals surface area (Å²) in [7, 11) is 3.18. The summed E-state index contributed by atoms with van der Waals surface area (Å²) in [4.78, 5) is 39.1. The topological polar surface area (TPSA) is 79.3 Å². The maximum absolute atomic E-state index is 12.8. The number of halogens is 1. The van der Waals surface area contributed by atoms with Crippen LogP contribution in [-0.2, 0) is 19.1 Å². The molecule has 1 aliphatic heterocycles. The van der Waals surface area contributed by atoms with Gasteiger partial charge in [0.15, 0.2) is 0 Å². The number of hydrazone groups is 1. The zero-order valence-corrected chi connectivity index (χ0v) is 17.7. The van der Waals surface area contributed by atoms with Crippen LogP contribution in [0.1, 0.15) is 30.1 Å². The van der Waals surface area contributed by atoms with Crippen molar-refractivity contribution >= 4 is 40.8 Å². The number of esters is 1. The maximum atomic E-state index is 12.8. The lowest BCUT2D eigenvalue weighted by Crippen LogP contribution is -2.37. The predicted octanol–water partition coefficient (Wildman–Crippen LogP) is 3.50. The van der Waals surface area contributed by atoms with Gasteiger partial charge in [-0.15, -0.1) is 0 Å². The number of nitrogens with zero attached hydrogens (tertiary/aromatic N) is 3. The highest BCUT2D eigenvalue weighted by atomic mass is 35.5. The predicted molar refractivity (Wildman–Crippen MR) is 114 cm³/mol. The van der Waals surface area contributed by atoms with Gasteiger partial charge in [0.05, 0.1) is 5.69 Å². The molecule has 0 bridgehead atoms. The number of carbonyl (C=O) groups is 3.